The third-order valence-corrected chi connectivity index (χ3v) is 7.07. The Morgan fingerprint density at radius 2 is 1.16 bits per heavy atom. The minimum Gasteiger partial charge on any atom is -0.481 e. The Kier molecular flexibility index (Phi) is 21.1. The molecule has 2 nitrogen and oxygen atoms in total. The van der Waals surface area contributed by atoms with Gasteiger partial charge in [0.25, 0.3) is 0 Å². The molecule has 0 fully saturated rings. The molecule has 2 heteroatoms. The van der Waals surface area contributed by atoms with Crippen LogP contribution in [0.2, 0.25) is 0 Å². The largest absolute Gasteiger partial charge is 0.481 e. The first-order valence-electron chi connectivity index (χ1n) is 14.1. The van der Waals surface area contributed by atoms with E-state index in [4.69, 9.17) is 0 Å². The summed E-state index contributed by atoms with van der Waals surface area (Å²) in [6, 6.07) is 0. The van der Waals surface area contributed by atoms with Gasteiger partial charge in [0.15, 0.2) is 0 Å². The van der Waals surface area contributed by atoms with Crippen molar-refractivity contribution in [2.75, 3.05) is 0 Å². The zero-order valence-corrected chi connectivity index (χ0v) is 22.2. The maximum Gasteiger partial charge on any atom is 0.309 e. The number of carbonyl (C=O) groups is 1. The molecule has 0 rings (SSSR count). The molecule has 188 valence electrons. The van der Waals surface area contributed by atoms with Gasteiger partial charge in [-0.1, -0.05) is 116 Å². The number of allylic oxidation sites excluding steroid dienone is 4. The monoisotopic (exact) mass is 448 g/mol. The van der Waals surface area contributed by atoms with E-state index in [1.807, 2.05) is 0 Å². The van der Waals surface area contributed by atoms with E-state index < -0.39 is 11.4 Å². The Labute approximate surface area is 201 Å². The summed E-state index contributed by atoms with van der Waals surface area (Å²) < 4.78 is 0. The molecule has 1 N–H and O–H groups in total. The molecule has 0 aliphatic carbocycles. The summed E-state index contributed by atoms with van der Waals surface area (Å²) in [5.41, 5.74) is -0.495. The van der Waals surface area contributed by atoms with Gasteiger partial charge in [-0.25, -0.2) is 0 Å². The third-order valence-electron chi connectivity index (χ3n) is 7.07. The number of carboxylic acids is 1. The SMILES string of the molecule is CCCCC/C=C\C/C=C\CCCCCC(CCCC)C(CCCC)(CCCC)C(=O)O. The van der Waals surface area contributed by atoms with Gasteiger partial charge in [-0.15, -0.1) is 0 Å². The number of aliphatic carboxylic acids is 1. The van der Waals surface area contributed by atoms with Crippen molar-refractivity contribution in [3.63, 3.8) is 0 Å². The molecule has 0 radical (unpaired) electrons. The Morgan fingerprint density at radius 3 is 1.66 bits per heavy atom. The van der Waals surface area contributed by atoms with Crippen LogP contribution in [0.5, 0.6) is 0 Å². The van der Waals surface area contributed by atoms with Crippen LogP contribution in [-0.4, -0.2) is 11.1 Å². The first-order valence-corrected chi connectivity index (χ1v) is 14.1. The van der Waals surface area contributed by atoms with Crippen molar-refractivity contribution in [1.82, 2.24) is 0 Å². The van der Waals surface area contributed by atoms with E-state index >= 15 is 0 Å². The first-order chi connectivity index (χ1) is 15.6. The van der Waals surface area contributed by atoms with E-state index in [0.29, 0.717) is 5.92 Å². The van der Waals surface area contributed by atoms with E-state index in [1.54, 1.807) is 0 Å². The lowest BCUT2D eigenvalue weighted by molar-refractivity contribution is -0.155. The summed E-state index contributed by atoms with van der Waals surface area (Å²) >= 11 is 0. The summed E-state index contributed by atoms with van der Waals surface area (Å²) in [6.45, 7) is 8.84. The molecule has 0 aromatic heterocycles. The Hall–Kier alpha value is -1.05. The average molecular weight is 449 g/mol. The Bertz CT molecular complexity index is 469. The second-order valence-corrected chi connectivity index (χ2v) is 9.82. The van der Waals surface area contributed by atoms with E-state index in [0.717, 1.165) is 77.0 Å². The molecule has 0 spiro atoms. The van der Waals surface area contributed by atoms with Crippen molar-refractivity contribution >= 4 is 5.97 Å². The zero-order valence-electron chi connectivity index (χ0n) is 22.2. The number of hydrogen-bond donors (Lipinski definition) is 1. The quantitative estimate of drug-likeness (QED) is 0.125. The second-order valence-electron chi connectivity index (χ2n) is 9.82. The van der Waals surface area contributed by atoms with E-state index in [-0.39, 0.29) is 0 Å². The number of hydrogen-bond acceptors (Lipinski definition) is 1. The highest BCUT2D eigenvalue weighted by atomic mass is 16.4. The summed E-state index contributed by atoms with van der Waals surface area (Å²) in [5, 5.41) is 10.3. The number of unbranched alkanes of at least 4 members (excludes halogenated alkanes) is 9. The molecule has 0 saturated heterocycles. The first kappa shape index (κ1) is 30.9. The van der Waals surface area contributed by atoms with Crippen LogP contribution in [0.4, 0.5) is 0 Å². The van der Waals surface area contributed by atoms with E-state index in [1.165, 1.54) is 44.9 Å². The number of rotatable bonds is 23. The van der Waals surface area contributed by atoms with Crippen LogP contribution in [0.3, 0.4) is 0 Å². The lowest BCUT2D eigenvalue weighted by Crippen LogP contribution is -2.39. The van der Waals surface area contributed by atoms with Crippen LogP contribution < -0.4 is 0 Å². The molecule has 0 aliphatic rings. The van der Waals surface area contributed by atoms with Gasteiger partial charge < -0.3 is 5.11 Å². The zero-order chi connectivity index (χ0) is 23.9. The van der Waals surface area contributed by atoms with Gasteiger partial charge in [0, 0.05) is 0 Å². The van der Waals surface area contributed by atoms with Gasteiger partial charge in [-0.3, -0.25) is 4.79 Å². The molecule has 0 aromatic carbocycles. The van der Waals surface area contributed by atoms with Crippen molar-refractivity contribution in [3.8, 4) is 0 Å². The molecule has 32 heavy (non-hydrogen) atoms. The molecular formula is C30H56O2. The normalized spacial score (nSPS) is 13.4. The summed E-state index contributed by atoms with van der Waals surface area (Å²) in [4.78, 5) is 12.6. The molecule has 0 aromatic rings. The smallest absolute Gasteiger partial charge is 0.309 e. The molecule has 0 amide bonds. The minimum atomic E-state index is -0.522. The van der Waals surface area contributed by atoms with E-state index in [2.05, 4.69) is 52.0 Å². The fourth-order valence-electron chi connectivity index (χ4n) is 4.90. The van der Waals surface area contributed by atoms with Gasteiger partial charge in [0.1, 0.15) is 0 Å². The maximum absolute atomic E-state index is 12.6. The highest BCUT2D eigenvalue weighted by molar-refractivity contribution is 5.75. The van der Waals surface area contributed by atoms with Gasteiger partial charge in [0.2, 0.25) is 0 Å². The minimum absolute atomic E-state index is 0.339. The predicted molar refractivity (Wildman–Crippen MR) is 142 cm³/mol. The molecular weight excluding hydrogens is 392 g/mol. The van der Waals surface area contributed by atoms with Crippen molar-refractivity contribution in [3.05, 3.63) is 24.3 Å². The maximum atomic E-state index is 12.6. The predicted octanol–water partition coefficient (Wildman–Crippen LogP) is 10.3. The second kappa shape index (κ2) is 21.8. The van der Waals surface area contributed by atoms with Crippen LogP contribution >= 0.6 is 0 Å². The fourth-order valence-corrected chi connectivity index (χ4v) is 4.90. The van der Waals surface area contributed by atoms with Crippen LogP contribution in [0.25, 0.3) is 0 Å². The lowest BCUT2D eigenvalue weighted by Gasteiger charge is -2.38. The summed E-state index contributed by atoms with van der Waals surface area (Å²) in [6.07, 6.45) is 30.7. The van der Waals surface area contributed by atoms with Crippen LogP contribution in [0.15, 0.2) is 24.3 Å². The highest BCUT2D eigenvalue weighted by Gasteiger charge is 2.43. The number of carboxylic acid groups (broad SMARTS) is 1. The van der Waals surface area contributed by atoms with Crippen molar-refractivity contribution in [1.29, 1.82) is 0 Å². The van der Waals surface area contributed by atoms with Crippen LogP contribution in [0.1, 0.15) is 150 Å². The van der Waals surface area contributed by atoms with Gasteiger partial charge in [0.05, 0.1) is 5.41 Å². The van der Waals surface area contributed by atoms with Gasteiger partial charge >= 0.3 is 5.97 Å². The summed E-state index contributed by atoms with van der Waals surface area (Å²) in [5.74, 6) is -0.183. The van der Waals surface area contributed by atoms with Gasteiger partial charge in [-0.05, 0) is 63.7 Å². The van der Waals surface area contributed by atoms with Crippen molar-refractivity contribution in [2.24, 2.45) is 11.3 Å². The fraction of sp³-hybridized carbons (Fsp3) is 0.833. The van der Waals surface area contributed by atoms with Crippen LogP contribution in [0, 0.1) is 11.3 Å². The molecule has 1 unspecified atom stereocenters. The molecule has 1 atom stereocenters. The molecule has 0 saturated carbocycles. The Morgan fingerprint density at radius 1 is 0.656 bits per heavy atom. The van der Waals surface area contributed by atoms with E-state index in [9.17, 15) is 9.90 Å². The molecule has 0 heterocycles. The van der Waals surface area contributed by atoms with Crippen molar-refractivity contribution < 1.29 is 9.90 Å². The van der Waals surface area contributed by atoms with Crippen molar-refractivity contribution in [2.45, 2.75) is 150 Å². The molecule has 0 bridgehead atoms. The Balaban J connectivity index is 4.56. The standard InChI is InChI=1S/C30H56O2/c1-5-9-13-14-15-16-17-18-19-20-21-22-23-25-28(24-10-6-2)30(29(31)32,26-11-7-3)27-12-8-4/h15-16,18-19,28H,5-14,17,20-27H2,1-4H3,(H,31,32)/b16-15-,19-18-. The molecule has 0 aliphatic heterocycles. The average Bonchev–Trinajstić information content (AvgIpc) is 2.79. The topological polar surface area (TPSA) is 37.3 Å². The van der Waals surface area contributed by atoms with Gasteiger partial charge in [-0.2, -0.15) is 0 Å². The third kappa shape index (κ3) is 14.2. The summed E-state index contributed by atoms with van der Waals surface area (Å²) in [7, 11) is 0. The van der Waals surface area contributed by atoms with Crippen LogP contribution in [-0.2, 0) is 4.79 Å². The lowest BCUT2D eigenvalue weighted by atomic mass is 9.65. The highest BCUT2D eigenvalue weighted by Crippen LogP contribution is 2.44.